The van der Waals surface area contributed by atoms with Crippen LogP contribution in [0.25, 0.3) is 0 Å². The van der Waals surface area contributed by atoms with Crippen LogP contribution >= 0.6 is 0 Å². The number of likely N-dealkylation sites (tertiary alicyclic amines) is 1. The van der Waals surface area contributed by atoms with E-state index in [-0.39, 0.29) is 17.7 Å². The molecule has 1 amide bonds. The highest BCUT2D eigenvalue weighted by atomic mass is 16.2. The van der Waals surface area contributed by atoms with Gasteiger partial charge < -0.3 is 4.90 Å². The Labute approximate surface area is 137 Å². The molecule has 1 aromatic rings. The van der Waals surface area contributed by atoms with Gasteiger partial charge in [-0.25, -0.2) is 0 Å². The summed E-state index contributed by atoms with van der Waals surface area (Å²) in [6, 6.07) is 6.01. The predicted molar refractivity (Wildman–Crippen MR) is 87.9 cm³/mol. The molecular formula is C18H25N3O2. The van der Waals surface area contributed by atoms with Crippen LogP contribution in [0.15, 0.2) is 29.4 Å². The van der Waals surface area contributed by atoms with E-state index in [2.05, 4.69) is 0 Å². The molecule has 5 nitrogen and oxygen atoms in total. The summed E-state index contributed by atoms with van der Waals surface area (Å²) in [6.07, 6.45) is 8.76. The van der Waals surface area contributed by atoms with Crippen molar-refractivity contribution in [3.8, 4) is 0 Å². The summed E-state index contributed by atoms with van der Waals surface area (Å²) >= 11 is 0. The smallest absolute Gasteiger partial charge is 0.235 e. The van der Waals surface area contributed by atoms with E-state index in [9.17, 15) is 9.59 Å². The Hall–Kier alpha value is -1.91. The Morgan fingerprint density at radius 3 is 2.70 bits per heavy atom. The minimum absolute atomic E-state index is 0.00149. The maximum Gasteiger partial charge on any atom is 0.235 e. The van der Waals surface area contributed by atoms with E-state index in [0.29, 0.717) is 19.0 Å². The third-order valence-corrected chi connectivity index (χ3v) is 4.97. The van der Waals surface area contributed by atoms with Gasteiger partial charge in [0, 0.05) is 32.1 Å². The molecule has 1 aromatic heterocycles. The van der Waals surface area contributed by atoms with Crippen molar-refractivity contribution in [3.63, 3.8) is 0 Å². The van der Waals surface area contributed by atoms with Crippen LogP contribution in [-0.2, 0) is 4.79 Å². The number of rotatable bonds is 2. The molecule has 3 rings (SSSR count). The third-order valence-electron chi connectivity index (χ3n) is 4.97. The minimum atomic E-state index is -0.230. The molecule has 1 aliphatic heterocycles. The maximum absolute atomic E-state index is 12.8. The van der Waals surface area contributed by atoms with Crippen molar-refractivity contribution in [2.45, 2.75) is 51.0 Å². The number of aromatic nitrogens is 1. The quantitative estimate of drug-likeness (QED) is 0.840. The maximum atomic E-state index is 12.8. The molecule has 2 fully saturated rings. The normalized spacial score (nSPS) is 24.0. The highest BCUT2D eigenvalue weighted by molar-refractivity contribution is 5.88. The summed E-state index contributed by atoms with van der Waals surface area (Å²) < 4.78 is 1.65. The van der Waals surface area contributed by atoms with Gasteiger partial charge in [-0.1, -0.05) is 25.3 Å². The molecule has 23 heavy (non-hydrogen) atoms. The summed E-state index contributed by atoms with van der Waals surface area (Å²) in [5.41, 5.74) is 0.732. The highest BCUT2D eigenvalue weighted by Crippen LogP contribution is 2.20. The Morgan fingerprint density at radius 2 is 1.96 bits per heavy atom. The van der Waals surface area contributed by atoms with Gasteiger partial charge in [0.1, 0.15) is 5.49 Å². The Kier molecular flexibility index (Phi) is 4.94. The van der Waals surface area contributed by atoms with E-state index < -0.39 is 0 Å². The number of pyridine rings is 1. The molecule has 2 aliphatic rings. The van der Waals surface area contributed by atoms with Gasteiger partial charge in [-0.15, -0.1) is 0 Å². The molecule has 124 valence electrons. The fourth-order valence-electron chi connectivity index (χ4n) is 3.47. The van der Waals surface area contributed by atoms with Crippen LogP contribution in [0.1, 0.15) is 49.7 Å². The van der Waals surface area contributed by atoms with Gasteiger partial charge in [-0.05, 0) is 31.4 Å². The fraction of sp³-hybridized carbons (Fsp3) is 0.611. The first-order chi connectivity index (χ1) is 11.1. The third kappa shape index (κ3) is 3.71. The average Bonchev–Trinajstić information content (AvgIpc) is 2.58. The lowest BCUT2D eigenvalue weighted by Crippen LogP contribution is -2.41. The molecule has 1 saturated carbocycles. The van der Waals surface area contributed by atoms with Crippen molar-refractivity contribution < 1.29 is 9.59 Å². The number of hydrogen-bond donors (Lipinski definition) is 0. The van der Waals surface area contributed by atoms with E-state index in [4.69, 9.17) is 4.99 Å². The van der Waals surface area contributed by atoms with Crippen molar-refractivity contribution in [2.24, 2.45) is 10.9 Å². The zero-order chi connectivity index (χ0) is 16.2. The van der Waals surface area contributed by atoms with Crippen LogP contribution in [0.5, 0.6) is 0 Å². The first kappa shape index (κ1) is 16.0. The van der Waals surface area contributed by atoms with Gasteiger partial charge in [0.25, 0.3) is 0 Å². The molecule has 1 atom stereocenters. The predicted octanol–water partition coefficient (Wildman–Crippen LogP) is 2.23. The van der Waals surface area contributed by atoms with Crippen LogP contribution in [0.2, 0.25) is 0 Å². The van der Waals surface area contributed by atoms with E-state index in [0.717, 1.165) is 24.8 Å². The molecule has 1 aliphatic carbocycles. The van der Waals surface area contributed by atoms with Crippen LogP contribution in [0.3, 0.4) is 0 Å². The van der Waals surface area contributed by atoms with Crippen LogP contribution < -0.4 is 5.49 Å². The molecule has 0 bridgehead atoms. The summed E-state index contributed by atoms with van der Waals surface area (Å²) in [4.78, 5) is 31.2. The summed E-state index contributed by atoms with van der Waals surface area (Å²) in [7, 11) is 1.79. The van der Waals surface area contributed by atoms with Gasteiger partial charge in [0.05, 0.1) is 6.04 Å². The first-order valence-corrected chi connectivity index (χ1v) is 8.65. The Morgan fingerprint density at radius 1 is 1.17 bits per heavy atom. The van der Waals surface area contributed by atoms with Gasteiger partial charge in [-0.2, -0.15) is 0 Å². The van der Waals surface area contributed by atoms with Gasteiger partial charge in [0.2, 0.25) is 11.8 Å². The molecule has 2 heterocycles. The minimum Gasteiger partial charge on any atom is -0.346 e. The molecule has 0 aromatic carbocycles. The van der Waals surface area contributed by atoms with Crippen molar-refractivity contribution in [1.82, 2.24) is 9.47 Å². The standard InChI is InChI=1S/C18H25N3O2/c1-20-12-10-14(13-17(20)22)18(23)21-11-6-5-9-16(21)19-15-7-3-2-4-8-15/h5-6,9,11,14-15H,2-4,7-8,10,12-13H2,1H3. The number of carbonyl (C=O) groups is 2. The van der Waals surface area contributed by atoms with E-state index in [1.807, 2.05) is 18.2 Å². The second-order valence-electron chi connectivity index (χ2n) is 6.69. The van der Waals surface area contributed by atoms with Crippen LogP contribution in [0, 0.1) is 5.92 Å². The molecule has 1 saturated heterocycles. The zero-order valence-corrected chi connectivity index (χ0v) is 13.8. The number of carbonyl (C=O) groups excluding carboxylic acids is 2. The molecule has 0 spiro atoms. The second-order valence-corrected chi connectivity index (χ2v) is 6.69. The van der Waals surface area contributed by atoms with Crippen LogP contribution in [-0.4, -0.2) is 40.9 Å². The lowest BCUT2D eigenvalue weighted by atomic mass is 9.95. The lowest BCUT2D eigenvalue weighted by Gasteiger charge is -2.28. The SMILES string of the molecule is CN1CCC(C(=O)n2ccccc2=NC2CCCCC2)CC1=O. The largest absolute Gasteiger partial charge is 0.346 e. The van der Waals surface area contributed by atoms with E-state index in [1.165, 1.54) is 19.3 Å². The van der Waals surface area contributed by atoms with Crippen molar-refractivity contribution in [3.05, 3.63) is 29.9 Å². The second kappa shape index (κ2) is 7.11. The monoisotopic (exact) mass is 315 g/mol. The average molecular weight is 315 g/mol. The molecular weight excluding hydrogens is 290 g/mol. The van der Waals surface area contributed by atoms with E-state index in [1.54, 1.807) is 22.7 Å². The summed E-state index contributed by atoms with van der Waals surface area (Å²) in [5, 5.41) is 0. The van der Waals surface area contributed by atoms with Gasteiger partial charge in [0.15, 0.2) is 0 Å². The number of piperidine rings is 1. The highest BCUT2D eigenvalue weighted by Gasteiger charge is 2.29. The summed E-state index contributed by atoms with van der Waals surface area (Å²) in [5.74, 6) is -0.176. The summed E-state index contributed by atoms with van der Waals surface area (Å²) in [6.45, 7) is 0.651. The van der Waals surface area contributed by atoms with E-state index >= 15 is 0 Å². The van der Waals surface area contributed by atoms with Crippen molar-refractivity contribution in [1.29, 1.82) is 0 Å². The molecule has 0 N–H and O–H groups in total. The van der Waals surface area contributed by atoms with Crippen molar-refractivity contribution in [2.75, 3.05) is 13.6 Å². The topological polar surface area (TPSA) is 54.7 Å². The molecule has 1 unspecified atom stereocenters. The number of amides is 1. The van der Waals surface area contributed by atoms with Crippen LogP contribution in [0.4, 0.5) is 0 Å². The van der Waals surface area contributed by atoms with Crippen molar-refractivity contribution >= 4 is 11.8 Å². The zero-order valence-electron chi connectivity index (χ0n) is 13.8. The number of hydrogen-bond acceptors (Lipinski definition) is 3. The fourth-order valence-corrected chi connectivity index (χ4v) is 3.47. The van der Waals surface area contributed by atoms with Gasteiger partial charge in [-0.3, -0.25) is 19.1 Å². The molecule has 5 heteroatoms. The Bertz CT molecular complexity index is 644. The lowest BCUT2D eigenvalue weighted by molar-refractivity contribution is -0.133. The first-order valence-electron chi connectivity index (χ1n) is 8.65. The molecule has 0 radical (unpaired) electrons. The van der Waals surface area contributed by atoms with Gasteiger partial charge >= 0.3 is 0 Å². The Balaban J connectivity index is 1.83. The number of nitrogens with zero attached hydrogens (tertiary/aromatic N) is 3.